The molecule has 0 aliphatic carbocycles. The predicted molar refractivity (Wildman–Crippen MR) is 136 cm³/mol. The van der Waals surface area contributed by atoms with Gasteiger partial charge in [-0.2, -0.15) is 0 Å². The number of aromatic nitrogens is 5. The first-order valence-electron chi connectivity index (χ1n) is 10.7. The maximum Gasteiger partial charge on any atom is 0.261 e. The number of rotatable bonds is 6. The molecule has 3 aromatic heterocycles. The van der Waals surface area contributed by atoms with Crippen molar-refractivity contribution in [1.29, 1.82) is 0 Å². The van der Waals surface area contributed by atoms with E-state index in [4.69, 9.17) is 4.98 Å². The fourth-order valence-corrected chi connectivity index (χ4v) is 4.40. The number of aryl methyl sites for hydroxylation is 1. The largest absolute Gasteiger partial charge is 0.384 e. The Morgan fingerprint density at radius 1 is 1.24 bits per heavy atom. The molecule has 0 fully saturated rings. The SMILES string of the molecule is Cc1cc(-n2ccnc2)cc2[nH]c(-c3c(NCC(C)(O)c4cccc(Br)c4)cc[nH]c3=O)nc12. The fraction of sp³-hybridized carbons (Fsp3) is 0.160. The lowest BCUT2D eigenvalue weighted by Crippen LogP contribution is -2.31. The Morgan fingerprint density at radius 3 is 2.85 bits per heavy atom. The number of aliphatic hydroxyl groups is 1. The van der Waals surface area contributed by atoms with Crippen LogP contribution in [0.2, 0.25) is 0 Å². The molecular formula is C25H23BrN6O2. The summed E-state index contributed by atoms with van der Waals surface area (Å²) in [5.41, 5.74) is 3.80. The number of hydrogen-bond donors (Lipinski definition) is 4. The summed E-state index contributed by atoms with van der Waals surface area (Å²) in [5, 5.41) is 14.3. The van der Waals surface area contributed by atoms with Crippen molar-refractivity contribution in [2.24, 2.45) is 0 Å². The highest BCUT2D eigenvalue weighted by Crippen LogP contribution is 2.29. The molecule has 0 aliphatic heterocycles. The number of hydrogen-bond acceptors (Lipinski definition) is 5. The third kappa shape index (κ3) is 4.15. The van der Waals surface area contributed by atoms with Crippen molar-refractivity contribution in [2.45, 2.75) is 19.4 Å². The molecule has 0 saturated carbocycles. The number of imidazole rings is 2. The summed E-state index contributed by atoms with van der Waals surface area (Å²) in [6, 6.07) is 13.3. The number of anilines is 1. The number of pyridine rings is 1. The molecule has 0 aliphatic rings. The first-order valence-corrected chi connectivity index (χ1v) is 11.5. The summed E-state index contributed by atoms with van der Waals surface area (Å²) < 4.78 is 2.80. The van der Waals surface area contributed by atoms with E-state index in [0.717, 1.165) is 32.3 Å². The highest BCUT2D eigenvalue weighted by molar-refractivity contribution is 9.10. The van der Waals surface area contributed by atoms with Crippen LogP contribution in [0.15, 0.2) is 76.6 Å². The number of halogens is 1. The van der Waals surface area contributed by atoms with Crippen molar-refractivity contribution in [3.8, 4) is 17.1 Å². The van der Waals surface area contributed by atoms with Gasteiger partial charge in [0.1, 0.15) is 17.0 Å². The van der Waals surface area contributed by atoms with E-state index in [9.17, 15) is 9.90 Å². The Kier molecular flexibility index (Phi) is 5.59. The molecule has 9 heteroatoms. The van der Waals surface area contributed by atoms with Crippen LogP contribution < -0.4 is 10.9 Å². The summed E-state index contributed by atoms with van der Waals surface area (Å²) >= 11 is 3.45. The Morgan fingerprint density at radius 2 is 2.09 bits per heavy atom. The van der Waals surface area contributed by atoms with E-state index in [1.807, 2.05) is 54.1 Å². The van der Waals surface area contributed by atoms with Crippen molar-refractivity contribution < 1.29 is 5.11 Å². The molecule has 5 rings (SSSR count). The number of H-pyrrole nitrogens is 2. The number of nitrogens with zero attached hydrogens (tertiary/aromatic N) is 3. The molecule has 0 spiro atoms. The monoisotopic (exact) mass is 518 g/mol. The molecule has 2 aromatic carbocycles. The van der Waals surface area contributed by atoms with Gasteiger partial charge in [-0.05, 0) is 55.3 Å². The summed E-state index contributed by atoms with van der Waals surface area (Å²) in [7, 11) is 0. The highest BCUT2D eigenvalue weighted by Gasteiger charge is 2.24. The van der Waals surface area contributed by atoms with Crippen molar-refractivity contribution in [3.63, 3.8) is 0 Å². The van der Waals surface area contributed by atoms with E-state index < -0.39 is 5.60 Å². The van der Waals surface area contributed by atoms with Crippen LogP contribution in [0.3, 0.4) is 0 Å². The molecule has 0 bridgehead atoms. The standard InChI is InChI=1S/C25H23BrN6O2/c1-15-10-18(32-9-8-27-14-32)12-20-22(15)31-23(30-20)21-19(6-7-28-24(21)33)29-13-25(2,34)16-4-3-5-17(26)11-16/h3-12,14,34H,13H2,1-2H3,(H,30,31)(H2,28,29,33). The van der Waals surface area contributed by atoms with Crippen LogP contribution in [-0.2, 0) is 5.60 Å². The molecule has 172 valence electrons. The normalized spacial score (nSPS) is 13.2. The summed E-state index contributed by atoms with van der Waals surface area (Å²) in [5.74, 6) is 0.451. The number of nitrogens with one attached hydrogen (secondary N) is 3. The molecule has 4 N–H and O–H groups in total. The Hall–Kier alpha value is -3.69. The summed E-state index contributed by atoms with van der Waals surface area (Å²) in [4.78, 5) is 27.7. The first kappa shape index (κ1) is 22.1. The minimum atomic E-state index is -1.16. The van der Waals surface area contributed by atoms with Crippen LogP contribution in [-0.4, -0.2) is 36.2 Å². The van der Waals surface area contributed by atoms with Crippen molar-refractivity contribution in [2.75, 3.05) is 11.9 Å². The topological polar surface area (TPSA) is 112 Å². The number of aromatic amines is 2. The second kappa shape index (κ2) is 8.58. The lowest BCUT2D eigenvalue weighted by atomic mass is 9.96. The molecule has 0 radical (unpaired) electrons. The molecule has 1 unspecified atom stereocenters. The summed E-state index contributed by atoms with van der Waals surface area (Å²) in [6.45, 7) is 3.91. The van der Waals surface area contributed by atoms with E-state index in [-0.39, 0.29) is 12.1 Å². The van der Waals surface area contributed by atoms with Crippen LogP contribution in [0.4, 0.5) is 5.69 Å². The van der Waals surface area contributed by atoms with Crippen molar-refractivity contribution >= 4 is 32.7 Å². The van der Waals surface area contributed by atoms with Crippen LogP contribution >= 0.6 is 15.9 Å². The van der Waals surface area contributed by atoms with Gasteiger partial charge in [0.2, 0.25) is 0 Å². The van der Waals surface area contributed by atoms with E-state index in [0.29, 0.717) is 17.1 Å². The van der Waals surface area contributed by atoms with Gasteiger partial charge in [0.05, 0.1) is 23.0 Å². The highest BCUT2D eigenvalue weighted by atomic mass is 79.9. The van der Waals surface area contributed by atoms with Crippen LogP contribution in [0.25, 0.3) is 28.1 Å². The van der Waals surface area contributed by atoms with Gasteiger partial charge in [-0.3, -0.25) is 4.79 Å². The fourth-order valence-electron chi connectivity index (χ4n) is 4.00. The van der Waals surface area contributed by atoms with Crippen molar-refractivity contribution in [3.05, 3.63) is 93.3 Å². The Balaban J connectivity index is 1.51. The molecule has 34 heavy (non-hydrogen) atoms. The Bertz CT molecular complexity index is 1540. The smallest absolute Gasteiger partial charge is 0.261 e. The lowest BCUT2D eigenvalue weighted by Gasteiger charge is -2.25. The van der Waals surface area contributed by atoms with Gasteiger partial charge in [0.15, 0.2) is 0 Å². The van der Waals surface area contributed by atoms with E-state index in [1.54, 1.807) is 31.7 Å². The minimum Gasteiger partial charge on any atom is -0.384 e. The van der Waals surface area contributed by atoms with Crippen LogP contribution in [0.1, 0.15) is 18.1 Å². The minimum absolute atomic E-state index is 0.198. The molecule has 0 saturated heterocycles. The third-order valence-corrected chi connectivity index (χ3v) is 6.32. The molecule has 5 aromatic rings. The first-order chi connectivity index (χ1) is 16.3. The third-order valence-electron chi connectivity index (χ3n) is 5.83. The number of benzene rings is 2. The zero-order valence-corrected chi connectivity index (χ0v) is 20.2. The zero-order valence-electron chi connectivity index (χ0n) is 18.6. The van der Waals surface area contributed by atoms with E-state index >= 15 is 0 Å². The van der Waals surface area contributed by atoms with E-state index in [2.05, 4.69) is 36.2 Å². The zero-order chi connectivity index (χ0) is 23.9. The van der Waals surface area contributed by atoms with E-state index in [1.165, 1.54) is 0 Å². The van der Waals surface area contributed by atoms with Crippen molar-refractivity contribution in [1.82, 2.24) is 24.5 Å². The van der Waals surface area contributed by atoms with Gasteiger partial charge in [0.25, 0.3) is 5.56 Å². The maximum absolute atomic E-state index is 12.9. The Labute approximate surface area is 203 Å². The van der Waals surface area contributed by atoms with Crippen LogP contribution in [0.5, 0.6) is 0 Å². The average molecular weight is 519 g/mol. The average Bonchev–Trinajstić information content (AvgIpc) is 3.48. The predicted octanol–water partition coefficient (Wildman–Crippen LogP) is 4.49. The summed E-state index contributed by atoms with van der Waals surface area (Å²) in [6.07, 6.45) is 6.91. The maximum atomic E-state index is 12.9. The number of fused-ring (bicyclic) bond motifs is 1. The molecule has 3 heterocycles. The quantitative estimate of drug-likeness (QED) is 0.264. The molecule has 1 atom stereocenters. The van der Waals surface area contributed by atoms with Gasteiger partial charge in [-0.15, -0.1) is 0 Å². The second-order valence-electron chi connectivity index (χ2n) is 8.45. The van der Waals surface area contributed by atoms with Gasteiger partial charge < -0.3 is 25.0 Å². The molecular weight excluding hydrogens is 496 g/mol. The second-order valence-corrected chi connectivity index (χ2v) is 9.36. The van der Waals surface area contributed by atoms with Gasteiger partial charge in [0, 0.05) is 35.3 Å². The van der Waals surface area contributed by atoms with Gasteiger partial charge in [-0.1, -0.05) is 28.1 Å². The van der Waals surface area contributed by atoms with Gasteiger partial charge >= 0.3 is 0 Å². The molecule has 8 nitrogen and oxygen atoms in total. The van der Waals surface area contributed by atoms with Crippen LogP contribution in [0, 0.1) is 6.92 Å². The van der Waals surface area contributed by atoms with Gasteiger partial charge in [-0.25, -0.2) is 9.97 Å². The molecule has 0 amide bonds. The lowest BCUT2D eigenvalue weighted by molar-refractivity contribution is 0.0715.